The Hall–Kier alpha value is -2.07. The lowest BCUT2D eigenvalue weighted by Gasteiger charge is -1.91. The molecular formula is C11H14N4. The molecule has 0 N–H and O–H groups in total. The fourth-order valence-electron chi connectivity index (χ4n) is 0.946. The first-order valence-electron chi connectivity index (χ1n) is 4.77. The zero-order chi connectivity index (χ0) is 11.4. The highest BCUT2D eigenvalue weighted by atomic mass is 14.9. The smallest absolute Gasteiger partial charge is 0.168 e. The largest absolute Gasteiger partial charge is 0.385 e. The lowest BCUT2D eigenvalue weighted by Crippen LogP contribution is -2.31. The van der Waals surface area contributed by atoms with Gasteiger partial charge in [-0.1, -0.05) is 19.4 Å². The molecule has 78 valence electrons. The minimum absolute atomic E-state index is 1.15. The number of hydrogen-bond donors (Lipinski definition) is 0. The molecule has 0 aliphatic heterocycles. The second-order valence-electron chi connectivity index (χ2n) is 2.78. The van der Waals surface area contributed by atoms with E-state index in [0.29, 0.717) is 0 Å². The van der Waals surface area contributed by atoms with Gasteiger partial charge in [0.1, 0.15) is 6.54 Å². The molecule has 0 atom stereocenters. The number of nitriles is 2. The third-order valence-corrected chi connectivity index (χ3v) is 1.65. The Morgan fingerprint density at radius 2 is 1.73 bits per heavy atom. The lowest BCUT2D eigenvalue weighted by atomic mass is 10.3. The molecule has 0 amide bonds. The van der Waals surface area contributed by atoms with Crippen molar-refractivity contribution in [2.45, 2.75) is 26.3 Å². The van der Waals surface area contributed by atoms with Crippen LogP contribution >= 0.6 is 0 Å². The Morgan fingerprint density at radius 1 is 1.13 bits per heavy atom. The van der Waals surface area contributed by atoms with Gasteiger partial charge in [-0.15, -0.1) is 0 Å². The third-order valence-electron chi connectivity index (χ3n) is 1.65. The molecule has 4 heteroatoms. The second-order valence-corrected chi connectivity index (χ2v) is 2.78. The van der Waals surface area contributed by atoms with Gasteiger partial charge in [-0.05, 0) is 0 Å². The van der Waals surface area contributed by atoms with Crippen LogP contribution in [0.2, 0.25) is 0 Å². The molecule has 0 saturated carbocycles. The SMILES string of the molecule is CCCC[n+]1ccccc1.N#C[N-]C#N. The maximum Gasteiger partial charge on any atom is 0.168 e. The van der Waals surface area contributed by atoms with Crippen molar-refractivity contribution in [3.63, 3.8) is 0 Å². The van der Waals surface area contributed by atoms with E-state index in [2.05, 4.69) is 41.3 Å². The molecule has 1 heterocycles. The Balaban J connectivity index is 0.000000336. The van der Waals surface area contributed by atoms with Crippen LogP contribution in [0.4, 0.5) is 0 Å². The van der Waals surface area contributed by atoms with Crippen LogP contribution in [0.1, 0.15) is 19.8 Å². The van der Waals surface area contributed by atoms with Crippen LogP contribution < -0.4 is 4.57 Å². The van der Waals surface area contributed by atoms with E-state index in [1.807, 2.05) is 6.07 Å². The van der Waals surface area contributed by atoms with Crippen LogP contribution in [-0.4, -0.2) is 0 Å². The summed E-state index contributed by atoms with van der Waals surface area (Å²) < 4.78 is 2.21. The molecule has 0 bridgehead atoms. The summed E-state index contributed by atoms with van der Waals surface area (Å²) in [6, 6.07) is 6.17. The summed E-state index contributed by atoms with van der Waals surface area (Å²) in [6.07, 6.45) is 9.31. The van der Waals surface area contributed by atoms with Gasteiger partial charge in [0, 0.05) is 30.9 Å². The Kier molecular flexibility index (Phi) is 8.63. The van der Waals surface area contributed by atoms with Crippen LogP contribution in [0.5, 0.6) is 0 Å². The van der Waals surface area contributed by atoms with Gasteiger partial charge in [0.05, 0.1) is 0 Å². The molecule has 1 aromatic heterocycles. The van der Waals surface area contributed by atoms with E-state index in [-0.39, 0.29) is 0 Å². The van der Waals surface area contributed by atoms with E-state index in [0.717, 1.165) is 6.54 Å². The fourth-order valence-corrected chi connectivity index (χ4v) is 0.946. The molecule has 0 spiro atoms. The van der Waals surface area contributed by atoms with Gasteiger partial charge in [0.2, 0.25) is 0 Å². The van der Waals surface area contributed by atoms with Crippen molar-refractivity contribution in [1.82, 2.24) is 0 Å². The molecule has 0 aliphatic rings. The highest BCUT2D eigenvalue weighted by Gasteiger charge is 1.93. The fraction of sp³-hybridized carbons (Fsp3) is 0.364. The minimum atomic E-state index is 1.15. The summed E-state index contributed by atoms with van der Waals surface area (Å²) in [5.41, 5.74) is 0. The second kappa shape index (κ2) is 10.0. The summed E-state index contributed by atoms with van der Waals surface area (Å²) in [4.78, 5) is 0. The van der Waals surface area contributed by atoms with Gasteiger partial charge < -0.3 is 10.5 Å². The number of pyridine rings is 1. The van der Waals surface area contributed by atoms with Crippen LogP contribution in [0.25, 0.3) is 5.32 Å². The summed E-state index contributed by atoms with van der Waals surface area (Å²) in [7, 11) is 0. The molecule has 4 nitrogen and oxygen atoms in total. The Bertz CT molecular complexity index is 309. The van der Waals surface area contributed by atoms with Crippen molar-refractivity contribution in [2.24, 2.45) is 0 Å². The third kappa shape index (κ3) is 8.27. The average Bonchev–Trinajstić information content (AvgIpc) is 2.30. The number of aromatic nitrogens is 1. The zero-order valence-corrected chi connectivity index (χ0v) is 8.80. The van der Waals surface area contributed by atoms with E-state index in [1.165, 1.54) is 25.2 Å². The van der Waals surface area contributed by atoms with Crippen LogP contribution in [0.3, 0.4) is 0 Å². The predicted molar refractivity (Wildman–Crippen MR) is 56.1 cm³/mol. The van der Waals surface area contributed by atoms with Crippen LogP contribution in [0.15, 0.2) is 30.6 Å². The number of unbranched alkanes of at least 4 members (excludes halogenated alkanes) is 1. The van der Waals surface area contributed by atoms with E-state index in [9.17, 15) is 0 Å². The Morgan fingerprint density at radius 3 is 2.13 bits per heavy atom. The molecule has 1 rings (SSSR count). The zero-order valence-electron chi connectivity index (χ0n) is 8.80. The van der Waals surface area contributed by atoms with E-state index >= 15 is 0 Å². The van der Waals surface area contributed by atoms with Gasteiger partial charge in [-0.25, -0.2) is 4.57 Å². The molecule has 0 aromatic carbocycles. The van der Waals surface area contributed by atoms with Gasteiger partial charge in [-0.3, -0.25) is 5.32 Å². The van der Waals surface area contributed by atoms with Gasteiger partial charge in [-0.2, -0.15) is 0 Å². The number of rotatable bonds is 3. The molecule has 15 heavy (non-hydrogen) atoms. The predicted octanol–water partition coefficient (Wildman–Crippen LogP) is 2.10. The molecule has 0 radical (unpaired) electrons. The first-order chi connectivity index (χ1) is 7.35. The highest BCUT2D eigenvalue weighted by molar-refractivity contribution is 5.12. The van der Waals surface area contributed by atoms with E-state index in [1.54, 1.807) is 0 Å². The van der Waals surface area contributed by atoms with Crippen LogP contribution in [-0.2, 0) is 6.54 Å². The van der Waals surface area contributed by atoms with Gasteiger partial charge >= 0.3 is 0 Å². The van der Waals surface area contributed by atoms with E-state index in [4.69, 9.17) is 10.5 Å². The summed E-state index contributed by atoms with van der Waals surface area (Å²) in [5.74, 6) is 0. The van der Waals surface area contributed by atoms with Crippen molar-refractivity contribution in [3.8, 4) is 12.4 Å². The van der Waals surface area contributed by atoms with Crippen molar-refractivity contribution in [3.05, 3.63) is 35.9 Å². The maximum absolute atomic E-state index is 7.43. The molecule has 0 aliphatic carbocycles. The molecule has 0 fully saturated rings. The number of nitrogens with zero attached hydrogens (tertiary/aromatic N) is 4. The summed E-state index contributed by atoms with van der Waals surface area (Å²) >= 11 is 0. The quantitative estimate of drug-likeness (QED) is 0.556. The minimum Gasteiger partial charge on any atom is -0.385 e. The molecular weight excluding hydrogens is 188 g/mol. The summed E-state index contributed by atoms with van der Waals surface area (Å²) in [5, 5.41) is 17.4. The molecule has 0 unspecified atom stereocenters. The average molecular weight is 202 g/mol. The van der Waals surface area contributed by atoms with Crippen molar-refractivity contribution >= 4 is 0 Å². The van der Waals surface area contributed by atoms with Crippen molar-refractivity contribution in [2.75, 3.05) is 0 Å². The van der Waals surface area contributed by atoms with Gasteiger partial charge in [0.15, 0.2) is 12.4 Å². The monoisotopic (exact) mass is 202 g/mol. The lowest BCUT2D eigenvalue weighted by molar-refractivity contribution is -0.697. The number of hydrogen-bond acceptors (Lipinski definition) is 2. The van der Waals surface area contributed by atoms with Gasteiger partial charge in [0.25, 0.3) is 0 Å². The maximum atomic E-state index is 7.43. The normalized spacial score (nSPS) is 7.67. The van der Waals surface area contributed by atoms with Crippen molar-refractivity contribution < 1.29 is 4.57 Å². The molecule has 0 saturated heterocycles. The van der Waals surface area contributed by atoms with E-state index < -0.39 is 0 Å². The standard InChI is InChI=1S/C9H14N.C2N3/c1-2-3-7-10-8-5-4-6-9-10;3-1-5-2-4/h4-6,8-9H,2-3,7H2,1H3;/q+1;-1. The highest BCUT2D eigenvalue weighted by Crippen LogP contribution is 1.85. The van der Waals surface area contributed by atoms with Crippen molar-refractivity contribution in [1.29, 1.82) is 10.5 Å². The van der Waals surface area contributed by atoms with Crippen LogP contribution in [0, 0.1) is 22.9 Å². The first kappa shape index (κ1) is 12.9. The molecule has 1 aromatic rings. The topological polar surface area (TPSA) is 65.6 Å². The number of aryl methyl sites for hydroxylation is 1. The Labute approximate surface area is 90.4 Å². The first-order valence-corrected chi connectivity index (χ1v) is 4.77. The summed E-state index contributed by atoms with van der Waals surface area (Å²) in [6.45, 7) is 3.36.